The molecule has 0 fully saturated rings. The van der Waals surface area contributed by atoms with Crippen molar-refractivity contribution < 1.29 is 0 Å². The fourth-order valence-corrected chi connectivity index (χ4v) is 0.946. The van der Waals surface area contributed by atoms with Crippen molar-refractivity contribution in [3.8, 4) is 0 Å². The van der Waals surface area contributed by atoms with Crippen molar-refractivity contribution in [2.45, 2.75) is 13.0 Å². The lowest BCUT2D eigenvalue weighted by Gasteiger charge is -2.04. The predicted molar refractivity (Wildman–Crippen MR) is 46.5 cm³/mol. The van der Waals surface area contributed by atoms with E-state index in [-0.39, 0.29) is 0 Å². The van der Waals surface area contributed by atoms with Crippen LogP contribution in [0.4, 0.5) is 0 Å². The van der Waals surface area contributed by atoms with Crippen LogP contribution >= 0.6 is 0 Å². The molecule has 0 aliphatic rings. The molecule has 0 aliphatic heterocycles. The van der Waals surface area contributed by atoms with Gasteiger partial charge in [-0.05, 0) is 20.6 Å². The Bertz CT molecular complexity index is 229. The molecule has 68 valence electrons. The molecule has 0 radical (unpaired) electrons. The summed E-state index contributed by atoms with van der Waals surface area (Å²) in [7, 11) is 3.98. The quantitative estimate of drug-likeness (QED) is 0.629. The van der Waals surface area contributed by atoms with Crippen molar-refractivity contribution in [2.75, 3.05) is 20.6 Å². The molecule has 0 aromatic carbocycles. The summed E-state index contributed by atoms with van der Waals surface area (Å²) in [6, 6.07) is 0. The lowest BCUT2D eigenvalue weighted by molar-refractivity contribution is 0.391. The van der Waals surface area contributed by atoms with Gasteiger partial charge in [-0.15, -0.1) is 0 Å². The van der Waals surface area contributed by atoms with Gasteiger partial charge in [0.1, 0.15) is 5.82 Å². The number of nitrogens with zero attached hydrogens (tertiary/aromatic N) is 3. The van der Waals surface area contributed by atoms with Gasteiger partial charge in [0.15, 0.2) is 5.82 Å². The molecule has 0 bridgehead atoms. The number of H-pyrrole nitrogens is 1. The van der Waals surface area contributed by atoms with Gasteiger partial charge >= 0.3 is 0 Å². The maximum absolute atomic E-state index is 5.37. The molecule has 12 heavy (non-hydrogen) atoms. The van der Waals surface area contributed by atoms with Crippen LogP contribution in [0.1, 0.15) is 11.6 Å². The minimum Gasteiger partial charge on any atom is -0.330 e. The van der Waals surface area contributed by atoms with Gasteiger partial charge in [0.05, 0.1) is 6.54 Å². The highest BCUT2D eigenvalue weighted by molar-refractivity contribution is 4.90. The van der Waals surface area contributed by atoms with Crippen molar-refractivity contribution in [1.29, 1.82) is 0 Å². The molecule has 0 aliphatic carbocycles. The van der Waals surface area contributed by atoms with Crippen molar-refractivity contribution in [2.24, 2.45) is 5.73 Å². The Labute approximate surface area is 72.0 Å². The van der Waals surface area contributed by atoms with E-state index in [4.69, 9.17) is 5.73 Å². The molecule has 0 amide bonds. The van der Waals surface area contributed by atoms with Crippen LogP contribution < -0.4 is 5.73 Å². The van der Waals surface area contributed by atoms with Gasteiger partial charge in [-0.2, -0.15) is 5.10 Å². The first kappa shape index (κ1) is 9.15. The smallest absolute Gasteiger partial charge is 0.152 e. The fourth-order valence-electron chi connectivity index (χ4n) is 0.946. The molecule has 5 nitrogen and oxygen atoms in total. The monoisotopic (exact) mass is 169 g/mol. The number of aromatic amines is 1. The van der Waals surface area contributed by atoms with E-state index in [1.54, 1.807) is 0 Å². The highest BCUT2D eigenvalue weighted by atomic mass is 15.2. The number of nitrogens with one attached hydrogen (secondary N) is 1. The first-order chi connectivity index (χ1) is 5.72. The first-order valence-corrected chi connectivity index (χ1v) is 3.97. The average molecular weight is 169 g/mol. The molecule has 0 atom stereocenters. The van der Waals surface area contributed by atoms with E-state index in [9.17, 15) is 0 Å². The summed E-state index contributed by atoms with van der Waals surface area (Å²) in [6.45, 7) is 1.39. The summed E-state index contributed by atoms with van der Waals surface area (Å²) in [5.41, 5.74) is 5.37. The third-order valence-electron chi connectivity index (χ3n) is 1.41. The second kappa shape index (κ2) is 4.18. The van der Waals surface area contributed by atoms with Crippen LogP contribution in [0.5, 0.6) is 0 Å². The molecule has 1 heterocycles. The Balaban J connectivity index is 2.52. The number of aromatic nitrogens is 3. The molecule has 1 aromatic rings. The highest BCUT2D eigenvalue weighted by Crippen LogP contribution is 1.95. The molecule has 5 heteroatoms. The Morgan fingerprint density at radius 2 is 2.25 bits per heavy atom. The summed E-state index contributed by atoms with van der Waals surface area (Å²) >= 11 is 0. The van der Waals surface area contributed by atoms with E-state index >= 15 is 0 Å². The molecule has 0 unspecified atom stereocenters. The summed E-state index contributed by atoms with van der Waals surface area (Å²) in [4.78, 5) is 6.29. The predicted octanol–water partition coefficient (Wildman–Crippen LogP) is -0.632. The average Bonchev–Trinajstić information content (AvgIpc) is 2.36. The summed E-state index contributed by atoms with van der Waals surface area (Å²) in [5.74, 6) is 1.69. The zero-order valence-corrected chi connectivity index (χ0v) is 7.54. The van der Waals surface area contributed by atoms with Gasteiger partial charge in [-0.1, -0.05) is 0 Å². The fraction of sp³-hybridized carbons (Fsp3) is 0.714. The third kappa shape index (κ3) is 2.60. The summed E-state index contributed by atoms with van der Waals surface area (Å²) in [5, 5.41) is 6.88. The van der Waals surface area contributed by atoms with Crippen LogP contribution in [0.15, 0.2) is 0 Å². The largest absolute Gasteiger partial charge is 0.330 e. The Hall–Kier alpha value is -0.940. The van der Waals surface area contributed by atoms with Gasteiger partial charge in [0.25, 0.3) is 0 Å². The van der Waals surface area contributed by atoms with Crippen LogP contribution in [0.25, 0.3) is 0 Å². The maximum Gasteiger partial charge on any atom is 0.152 e. The normalized spacial score (nSPS) is 11.0. The highest BCUT2D eigenvalue weighted by Gasteiger charge is 2.02. The molecule has 1 aromatic heterocycles. The second-order valence-corrected chi connectivity index (χ2v) is 2.97. The van der Waals surface area contributed by atoms with Crippen LogP contribution in [0.3, 0.4) is 0 Å². The third-order valence-corrected chi connectivity index (χ3v) is 1.41. The Kier molecular flexibility index (Phi) is 3.19. The van der Waals surface area contributed by atoms with Crippen molar-refractivity contribution in [3.63, 3.8) is 0 Å². The van der Waals surface area contributed by atoms with E-state index in [1.165, 1.54) is 0 Å². The topological polar surface area (TPSA) is 70.8 Å². The molecule has 1 rings (SSSR count). The Morgan fingerprint density at radius 3 is 2.83 bits per heavy atom. The second-order valence-electron chi connectivity index (χ2n) is 2.97. The zero-order chi connectivity index (χ0) is 8.97. The maximum atomic E-state index is 5.37. The van der Waals surface area contributed by atoms with Gasteiger partial charge < -0.3 is 10.6 Å². The number of hydrogen-bond acceptors (Lipinski definition) is 4. The molecule has 3 N–H and O–H groups in total. The zero-order valence-electron chi connectivity index (χ0n) is 7.54. The lowest BCUT2D eigenvalue weighted by Crippen LogP contribution is -2.12. The standard InChI is InChI=1S/C7H15N5/c1-12(2)5-7-9-6(3-4-8)10-11-7/h3-5,8H2,1-2H3,(H,9,10,11). The molecule has 0 saturated carbocycles. The van der Waals surface area contributed by atoms with Crippen LogP contribution in [0.2, 0.25) is 0 Å². The molecular formula is C7H15N5. The van der Waals surface area contributed by atoms with E-state index in [0.29, 0.717) is 6.54 Å². The number of hydrogen-bond donors (Lipinski definition) is 2. The lowest BCUT2D eigenvalue weighted by atomic mass is 10.4. The van der Waals surface area contributed by atoms with Crippen LogP contribution in [-0.2, 0) is 13.0 Å². The molecule has 0 spiro atoms. The van der Waals surface area contributed by atoms with E-state index in [0.717, 1.165) is 24.6 Å². The van der Waals surface area contributed by atoms with Gasteiger partial charge in [-0.3, -0.25) is 5.10 Å². The van der Waals surface area contributed by atoms with E-state index < -0.39 is 0 Å². The van der Waals surface area contributed by atoms with Gasteiger partial charge in [0.2, 0.25) is 0 Å². The minimum atomic E-state index is 0.596. The van der Waals surface area contributed by atoms with Crippen LogP contribution in [0, 0.1) is 0 Å². The SMILES string of the molecule is CN(C)Cc1nc(CCN)n[nH]1. The summed E-state index contributed by atoms with van der Waals surface area (Å²) in [6.07, 6.45) is 0.740. The number of rotatable bonds is 4. The molecule has 0 saturated heterocycles. The summed E-state index contributed by atoms with van der Waals surface area (Å²) < 4.78 is 0. The Morgan fingerprint density at radius 1 is 1.50 bits per heavy atom. The van der Waals surface area contributed by atoms with Crippen molar-refractivity contribution >= 4 is 0 Å². The van der Waals surface area contributed by atoms with Crippen LogP contribution in [-0.4, -0.2) is 40.7 Å². The van der Waals surface area contributed by atoms with E-state index in [1.807, 2.05) is 19.0 Å². The molecular weight excluding hydrogens is 154 g/mol. The van der Waals surface area contributed by atoms with E-state index in [2.05, 4.69) is 15.2 Å². The van der Waals surface area contributed by atoms with Gasteiger partial charge in [0, 0.05) is 6.42 Å². The number of nitrogens with two attached hydrogens (primary N) is 1. The van der Waals surface area contributed by atoms with Crippen molar-refractivity contribution in [1.82, 2.24) is 20.1 Å². The minimum absolute atomic E-state index is 0.596. The first-order valence-electron chi connectivity index (χ1n) is 3.97. The van der Waals surface area contributed by atoms with Gasteiger partial charge in [-0.25, -0.2) is 4.98 Å². The van der Waals surface area contributed by atoms with Crippen molar-refractivity contribution in [3.05, 3.63) is 11.6 Å².